The molecule has 0 saturated heterocycles. The van der Waals surface area contributed by atoms with E-state index in [0.717, 1.165) is 24.1 Å². The standard InChI is InChI=1S/C19H19ClN2O2S/c20-14-4-7-18(22-12-14)17-11-19(8-1-9-19)10-16(17)13-2-5-15(6-3-13)25(21,23)24/h2-7,12H,1,8-11H2,(H2,21,23,24). The summed E-state index contributed by atoms with van der Waals surface area (Å²) in [4.78, 5) is 4.65. The Morgan fingerprint density at radius 3 is 2.20 bits per heavy atom. The average Bonchev–Trinajstić information content (AvgIpc) is 2.96. The van der Waals surface area contributed by atoms with Crippen molar-refractivity contribution >= 4 is 32.8 Å². The SMILES string of the molecule is NS(=O)(=O)c1ccc(C2=C(c3ccc(Cl)cn3)CC3(CCC3)C2)cc1. The third kappa shape index (κ3) is 3.12. The van der Waals surface area contributed by atoms with Gasteiger partial charge >= 0.3 is 0 Å². The zero-order valence-corrected chi connectivity index (χ0v) is 15.3. The van der Waals surface area contributed by atoms with E-state index in [2.05, 4.69) is 4.98 Å². The molecule has 2 aliphatic rings. The first kappa shape index (κ1) is 16.8. The summed E-state index contributed by atoms with van der Waals surface area (Å²) in [6.45, 7) is 0. The molecule has 2 aliphatic carbocycles. The first-order valence-corrected chi connectivity index (χ1v) is 10.3. The van der Waals surface area contributed by atoms with Crippen LogP contribution >= 0.6 is 11.6 Å². The van der Waals surface area contributed by atoms with E-state index in [-0.39, 0.29) is 4.90 Å². The maximum Gasteiger partial charge on any atom is 0.238 e. The third-order valence-electron chi connectivity index (χ3n) is 5.45. The summed E-state index contributed by atoms with van der Waals surface area (Å²) in [6.07, 6.45) is 7.47. The Bertz CT molecular complexity index is 944. The van der Waals surface area contributed by atoms with Gasteiger partial charge in [0.1, 0.15) is 0 Å². The van der Waals surface area contributed by atoms with E-state index in [0.29, 0.717) is 10.4 Å². The fraction of sp³-hybridized carbons (Fsp3) is 0.316. The Balaban J connectivity index is 1.77. The second-order valence-electron chi connectivity index (χ2n) is 7.10. The van der Waals surface area contributed by atoms with Crippen LogP contribution in [0.5, 0.6) is 0 Å². The van der Waals surface area contributed by atoms with Gasteiger partial charge in [0.2, 0.25) is 10.0 Å². The van der Waals surface area contributed by atoms with Crippen molar-refractivity contribution in [3.8, 4) is 0 Å². The van der Waals surface area contributed by atoms with E-state index in [9.17, 15) is 8.42 Å². The summed E-state index contributed by atoms with van der Waals surface area (Å²) >= 11 is 5.98. The normalized spacial score (nSPS) is 19.3. The van der Waals surface area contributed by atoms with Gasteiger partial charge in [0.05, 0.1) is 15.6 Å². The maximum atomic E-state index is 11.5. The van der Waals surface area contributed by atoms with Crippen molar-refractivity contribution in [3.63, 3.8) is 0 Å². The Hall–Kier alpha value is -1.69. The molecule has 4 rings (SSSR count). The van der Waals surface area contributed by atoms with Crippen molar-refractivity contribution in [2.45, 2.75) is 37.0 Å². The number of halogens is 1. The van der Waals surface area contributed by atoms with Crippen molar-refractivity contribution in [3.05, 3.63) is 58.9 Å². The number of rotatable bonds is 3. The lowest BCUT2D eigenvalue weighted by molar-refractivity contribution is 0.157. The number of primary sulfonamides is 1. The van der Waals surface area contributed by atoms with Crippen LogP contribution in [0.1, 0.15) is 43.4 Å². The van der Waals surface area contributed by atoms with Crippen molar-refractivity contribution in [2.75, 3.05) is 0 Å². The number of aromatic nitrogens is 1. The minimum absolute atomic E-state index is 0.138. The molecule has 1 heterocycles. The molecule has 2 N–H and O–H groups in total. The third-order valence-corrected chi connectivity index (χ3v) is 6.60. The predicted molar refractivity (Wildman–Crippen MR) is 99.4 cm³/mol. The highest BCUT2D eigenvalue weighted by molar-refractivity contribution is 7.89. The Morgan fingerprint density at radius 1 is 1.00 bits per heavy atom. The molecular weight excluding hydrogens is 356 g/mol. The molecule has 2 aromatic rings. The van der Waals surface area contributed by atoms with E-state index < -0.39 is 10.0 Å². The molecule has 4 nitrogen and oxygen atoms in total. The molecular formula is C19H19ClN2O2S. The number of nitrogens with zero attached hydrogens (tertiary/aromatic N) is 1. The fourth-order valence-corrected chi connectivity index (χ4v) is 4.61. The van der Waals surface area contributed by atoms with Crippen LogP contribution in [-0.2, 0) is 10.0 Å². The van der Waals surface area contributed by atoms with E-state index in [1.165, 1.54) is 30.4 Å². The molecule has 0 aliphatic heterocycles. The van der Waals surface area contributed by atoms with Gasteiger partial charge in [0.15, 0.2) is 0 Å². The zero-order valence-electron chi connectivity index (χ0n) is 13.7. The van der Waals surface area contributed by atoms with Gasteiger partial charge in [0.25, 0.3) is 0 Å². The van der Waals surface area contributed by atoms with Crippen LogP contribution in [0, 0.1) is 5.41 Å². The molecule has 1 aromatic heterocycles. The molecule has 0 amide bonds. The number of benzene rings is 1. The minimum Gasteiger partial charge on any atom is -0.255 e. The van der Waals surface area contributed by atoms with Crippen molar-refractivity contribution < 1.29 is 8.42 Å². The summed E-state index contributed by atoms with van der Waals surface area (Å²) in [6, 6.07) is 10.7. The molecule has 0 radical (unpaired) electrons. The Morgan fingerprint density at radius 2 is 1.68 bits per heavy atom. The topological polar surface area (TPSA) is 73.1 Å². The van der Waals surface area contributed by atoms with Gasteiger partial charge in [-0.2, -0.15) is 0 Å². The highest BCUT2D eigenvalue weighted by atomic mass is 35.5. The number of nitrogens with two attached hydrogens (primary N) is 1. The number of allylic oxidation sites excluding steroid dienone is 2. The first-order chi connectivity index (χ1) is 11.9. The zero-order chi connectivity index (χ0) is 17.7. The van der Waals surface area contributed by atoms with Crippen LogP contribution in [0.4, 0.5) is 0 Å². The van der Waals surface area contributed by atoms with E-state index in [4.69, 9.17) is 16.7 Å². The lowest BCUT2D eigenvalue weighted by Gasteiger charge is -2.39. The highest BCUT2D eigenvalue weighted by Crippen LogP contribution is 2.59. The second-order valence-corrected chi connectivity index (χ2v) is 9.09. The lowest BCUT2D eigenvalue weighted by Crippen LogP contribution is -2.26. The van der Waals surface area contributed by atoms with Crippen LogP contribution in [0.2, 0.25) is 5.02 Å². The number of hydrogen-bond donors (Lipinski definition) is 1. The second kappa shape index (κ2) is 5.94. The number of hydrogen-bond acceptors (Lipinski definition) is 3. The predicted octanol–water partition coefficient (Wildman–Crippen LogP) is 4.26. The number of sulfonamides is 1. The van der Waals surface area contributed by atoms with Crippen LogP contribution in [0.25, 0.3) is 11.1 Å². The summed E-state index contributed by atoms with van der Waals surface area (Å²) < 4.78 is 23.0. The van der Waals surface area contributed by atoms with E-state index in [1.54, 1.807) is 18.3 Å². The minimum atomic E-state index is -3.67. The quantitative estimate of drug-likeness (QED) is 0.872. The van der Waals surface area contributed by atoms with Gasteiger partial charge in [-0.25, -0.2) is 13.6 Å². The van der Waals surface area contributed by atoms with Crippen LogP contribution in [0.15, 0.2) is 47.5 Å². The van der Waals surface area contributed by atoms with Gasteiger partial charge < -0.3 is 0 Å². The summed E-state index contributed by atoms with van der Waals surface area (Å²) in [5.74, 6) is 0. The molecule has 1 spiro atoms. The van der Waals surface area contributed by atoms with Crippen LogP contribution in [0.3, 0.4) is 0 Å². The fourth-order valence-electron chi connectivity index (χ4n) is 3.98. The molecule has 0 unspecified atom stereocenters. The summed E-state index contributed by atoms with van der Waals surface area (Å²) in [7, 11) is -3.67. The van der Waals surface area contributed by atoms with E-state index >= 15 is 0 Å². The molecule has 25 heavy (non-hydrogen) atoms. The van der Waals surface area contributed by atoms with Gasteiger partial charge in [-0.15, -0.1) is 0 Å². The van der Waals surface area contributed by atoms with Gasteiger partial charge in [-0.3, -0.25) is 4.98 Å². The molecule has 6 heteroatoms. The Kier molecular flexibility index (Phi) is 3.98. The van der Waals surface area contributed by atoms with Crippen molar-refractivity contribution in [2.24, 2.45) is 10.6 Å². The van der Waals surface area contributed by atoms with Gasteiger partial charge in [-0.1, -0.05) is 30.2 Å². The molecule has 0 atom stereocenters. The molecule has 130 valence electrons. The smallest absolute Gasteiger partial charge is 0.238 e. The molecule has 0 bridgehead atoms. The van der Waals surface area contributed by atoms with E-state index in [1.807, 2.05) is 24.3 Å². The monoisotopic (exact) mass is 374 g/mol. The van der Waals surface area contributed by atoms with Gasteiger partial charge in [0, 0.05) is 6.20 Å². The van der Waals surface area contributed by atoms with Crippen molar-refractivity contribution in [1.82, 2.24) is 4.98 Å². The van der Waals surface area contributed by atoms with Crippen molar-refractivity contribution in [1.29, 1.82) is 0 Å². The highest BCUT2D eigenvalue weighted by Gasteiger charge is 2.44. The summed E-state index contributed by atoms with van der Waals surface area (Å²) in [5, 5.41) is 5.83. The maximum absolute atomic E-state index is 11.5. The average molecular weight is 375 g/mol. The summed E-state index contributed by atoms with van der Waals surface area (Å²) in [5.41, 5.74) is 4.86. The number of pyridine rings is 1. The van der Waals surface area contributed by atoms with Gasteiger partial charge in [-0.05, 0) is 72.1 Å². The first-order valence-electron chi connectivity index (χ1n) is 8.34. The van der Waals surface area contributed by atoms with Crippen LogP contribution < -0.4 is 5.14 Å². The molecule has 1 aromatic carbocycles. The molecule has 1 fully saturated rings. The largest absolute Gasteiger partial charge is 0.255 e. The Labute approximate surface area is 152 Å². The lowest BCUT2D eigenvalue weighted by atomic mass is 9.66. The van der Waals surface area contributed by atoms with Crippen LogP contribution in [-0.4, -0.2) is 13.4 Å². The molecule has 1 saturated carbocycles.